The Morgan fingerprint density at radius 1 is 1.17 bits per heavy atom. The molecule has 0 fully saturated rings. The first-order chi connectivity index (χ1) is 11.5. The Labute approximate surface area is 148 Å². The van der Waals surface area contributed by atoms with Crippen LogP contribution in [0.25, 0.3) is 0 Å². The van der Waals surface area contributed by atoms with E-state index < -0.39 is 0 Å². The van der Waals surface area contributed by atoms with Crippen molar-refractivity contribution in [3.63, 3.8) is 0 Å². The van der Waals surface area contributed by atoms with Crippen LogP contribution < -0.4 is 14.8 Å². The highest BCUT2D eigenvalue weighted by molar-refractivity contribution is 7.80. The van der Waals surface area contributed by atoms with Gasteiger partial charge in [-0.1, -0.05) is 18.2 Å². The molecule has 0 saturated carbocycles. The largest absolute Gasteiger partial charge is 0.486 e. The van der Waals surface area contributed by atoms with Crippen molar-refractivity contribution < 1.29 is 9.47 Å². The van der Waals surface area contributed by atoms with Crippen molar-refractivity contribution in [1.29, 1.82) is 0 Å². The van der Waals surface area contributed by atoms with Crippen LogP contribution in [-0.4, -0.2) is 36.3 Å². The summed E-state index contributed by atoms with van der Waals surface area (Å²) in [6, 6.07) is 14.0. The average molecular weight is 342 g/mol. The van der Waals surface area contributed by atoms with Gasteiger partial charge in [0.05, 0.1) is 6.54 Å². The van der Waals surface area contributed by atoms with Crippen LogP contribution in [0.4, 0.5) is 5.69 Å². The normalized spacial score (nSPS) is 15.7. The summed E-state index contributed by atoms with van der Waals surface area (Å²) in [7, 11) is 1.96. The van der Waals surface area contributed by atoms with Crippen molar-refractivity contribution in [2.24, 2.45) is 0 Å². The summed E-state index contributed by atoms with van der Waals surface area (Å²) in [4.78, 5) is 1.98. The van der Waals surface area contributed by atoms with E-state index in [1.165, 1.54) is 11.1 Å². The van der Waals surface area contributed by atoms with Gasteiger partial charge in [0.2, 0.25) is 0 Å². The van der Waals surface area contributed by atoms with E-state index in [-0.39, 0.29) is 6.10 Å². The molecule has 5 heteroatoms. The molecule has 0 aromatic heterocycles. The van der Waals surface area contributed by atoms with Gasteiger partial charge in [0, 0.05) is 12.7 Å². The molecule has 0 amide bonds. The molecule has 1 aliphatic rings. The third-order valence-electron chi connectivity index (χ3n) is 4.15. The number of hydrogen-bond donors (Lipinski definition) is 1. The zero-order valence-corrected chi connectivity index (χ0v) is 15.0. The first-order valence-corrected chi connectivity index (χ1v) is 8.41. The minimum absolute atomic E-state index is 0.0515. The maximum absolute atomic E-state index is 5.98. The van der Waals surface area contributed by atoms with Gasteiger partial charge in [-0.15, -0.1) is 0 Å². The molecule has 4 nitrogen and oxygen atoms in total. The van der Waals surface area contributed by atoms with Gasteiger partial charge in [-0.2, -0.15) is 0 Å². The fourth-order valence-corrected chi connectivity index (χ4v) is 2.77. The molecule has 0 saturated heterocycles. The van der Waals surface area contributed by atoms with Crippen molar-refractivity contribution in [2.75, 3.05) is 25.5 Å². The minimum atomic E-state index is -0.0515. The number of aryl methyl sites for hydroxylation is 2. The van der Waals surface area contributed by atoms with E-state index in [1.807, 2.05) is 42.3 Å². The number of anilines is 1. The number of benzene rings is 2. The number of likely N-dealkylation sites (N-methyl/N-ethyl adjacent to an activating group) is 1. The highest BCUT2D eigenvalue weighted by atomic mass is 32.1. The monoisotopic (exact) mass is 342 g/mol. The fourth-order valence-electron chi connectivity index (χ4n) is 2.58. The van der Waals surface area contributed by atoms with Crippen LogP contribution in [-0.2, 0) is 0 Å². The lowest BCUT2D eigenvalue weighted by molar-refractivity contribution is 0.0784. The van der Waals surface area contributed by atoms with Crippen LogP contribution >= 0.6 is 12.2 Å². The minimum Gasteiger partial charge on any atom is -0.486 e. The molecule has 0 radical (unpaired) electrons. The van der Waals surface area contributed by atoms with Gasteiger partial charge in [-0.3, -0.25) is 0 Å². The molecule has 0 aliphatic carbocycles. The average Bonchev–Trinajstić information content (AvgIpc) is 2.58. The Morgan fingerprint density at radius 2 is 1.92 bits per heavy atom. The van der Waals surface area contributed by atoms with Gasteiger partial charge in [0.25, 0.3) is 0 Å². The molecule has 126 valence electrons. The Hall–Kier alpha value is -2.27. The van der Waals surface area contributed by atoms with Gasteiger partial charge >= 0.3 is 0 Å². The molecule has 3 rings (SSSR count). The smallest absolute Gasteiger partial charge is 0.173 e. The Morgan fingerprint density at radius 3 is 2.67 bits per heavy atom. The molecule has 24 heavy (non-hydrogen) atoms. The van der Waals surface area contributed by atoms with Crippen molar-refractivity contribution in [3.8, 4) is 11.5 Å². The molecule has 0 unspecified atom stereocenters. The predicted molar refractivity (Wildman–Crippen MR) is 101 cm³/mol. The molecule has 2 aromatic rings. The highest BCUT2D eigenvalue weighted by Gasteiger charge is 2.22. The molecule has 1 N–H and O–H groups in total. The van der Waals surface area contributed by atoms with Crippen molar-refractivity contribution in [1.82, 2.24) is 4.90 Å². The summed E-state index contributed by atoms with van der Waals surface area (Å²) in [5, 5.41) is 3.95. The number of hydrogen-bond acceptors (Lipinski definition) is 3. The Bertz CT molecular complexity index is 748. The third-order valence-corrected chi connectivity index (χ3v) is 4.56. The lowest BCUT2D eigenvalue weighted by Crippen LogP contribution is -2.43. The summed E-state index contributed by atoms with van der Waals surface area (Å²) in [5.74, 6) is 1.59. The maximum Gasteiger partial charge on any atom is 0.173 e. The molecule has 1 heterocycles. The number of rotatable bonds is 3. The van der Waals surface area contributed by atoms with E-state index in [4.69, 9.17) is 21.7 Å². The summed E-state index contributed by atoms with van der Waals surface area (Å²) >= 11 is 5.50. The summed E-state index contributed by atoms with van der Waals surface area (Å²) < 4.78 is 11.7. The second-order valence-corrected chi connectivity index (χ2v) is 6.49. The number of ether oxygens (including phenoxy) is 2. The van der Waals surface area contributed by atoms with Gasteiger partial charge < -0.3 is 19.7 Å². The number of nitrogens with zero attached hydrogens (tertiary/aromatic N) is 1. The SMILES string of the molecule is Cc1ccc(NC(=S)N(C)C[C@H]2COc3ccccc3O2)cc1C. The second-order valence-electron chi connectivity index (χ2n) is 6.11. The number of nitrogens with one attached hydrogen (secondary N) is 1. The zero-order valence-electron chi connectivity index (χ0n) is 14.2. The van der Waals surface area contributed by atoms with Crippen LogP contribution in [0, 0.1) is 13.8 Å². The van der Waals surface area contributed by atoms with E-state index in [2.05, 4.69) is 31.3 Å². The molecular weight excluding hydrogens is 320 g/mol. The standard InChI is InChI=1S/C19H22N2O2S/c1-13-8-9-15(10-14(13)2)20-19(24)21(3)11-16-12-22-17-6-4-5-7-18(17)23-16/h4-10,16H,11-12H2,1-3H3,(H,20,24)/t16-/m0/s1. The lowest BCUT2D eigenvalue weighted by Gasteiger charge is -2.30. The molecule has 0 spiro atoms. The summed E-state index contributed by atoms with van der Waals surface area (Å²) in [5.41, 5.74) is 3.51. The van der Waals surface area contributed by atoms with Crippen LogP contribution in [0.15, 0.2) is 42.5 Å². The van der Waals surface area contributed by atoms with E-state index in [0.717, 1.165) is 17.2 Å². The highest BCUT2D eigenvalue weighted by Crippen LogP contribution is 2.31. The molecular formula is C19H22N2O2S. The van der Waals surface area contributed by atoms with Crippen LogP contribution in [0.5, 0.6) is 11.5 Å². The maximum atomic E-state index is 5.98. The van der Waals surface area contributed by atoms with Gasteiger partial charge in [0.1, 0.15) is 6.61 Å². The second kappa shape index (κ2) is 7.09. The van der Waals surface area contributed by atoms with Crippen LogP contribution in [0.1, 0.15) is 11.1 Å². The van der Waals surface area contributed by atoms with E-state index in [0.29, 0.717) is 18.3 Å². The zero-order chi connectivity index (χ0) is 17.1. The van der Waals surface area contributed by atoms with Crippen molar-refractivity contribution in [2.45, 2.75) is 20.0 Å². The number of para-hydroxylation sites is 2. The molecule has 2 aromatic carbocycles. The van der Waals surface area contributed by atoms with Crippen LogP contribution in [0.2, 0.25) is 0 Å². The Kier molecular flexibility index (Phi) is 4.90. The predicted octanol–water partition coefficient (Wildman–Crippen LogP) is 3.77. The van der Waals surface area contributed by atoms with E-state index in [1.54, 1.807) is 0 Å². The molecule has 1 aliphatic heterocycles. The summed E-state index contributed by atoms with van der Waals surface area (Å²) in [6.45, 7) is 5.37. The van der Waals surface area contributed by atoms with Gasteiger partial charge in [-0.25, -0.2) is 0 Å². The molecule has 1 atom stereocenters. The fraction of sp³-hybridized carbons (Fsp3) is 0.316. The van der Waals surface area contributed by atoms with E-state index in [9.17, 15) is 0 Å². The van der Waals surface area contributed by atoms with Crippen molar-refractivity contribution in [3.05, 3.63) is 53.6 Å². The lowest BCUT2D eigenvalue weighted by atomic mass is 10.1. The third kappa shape index (κ3) is 3.79. The Balaban J connectivity index is 1.57. The van der Waals surface area contributed by atoms with Gasteiger partial charge in [-0.05, 0) is 61.5 Å². The summed E-state index contributed by atoms with van der Waals surface area (Å²) in [6.07, 6.45) is -0.0515. The quantitative estimate of drug-likeness (QED) is 0.859. The number of fused-ring (bicyclic) bond motifs is 1. The molecule has 0 bridgehead atoms. The first kappa shape index (κ1) is 16.6. The van der Waals surface area contributed by atoms with Crippen LogP contribution in [0.3, 0.4) is 0 Å². The van der Waals surface area contributed by atoms with Crippen molar-refractivity contribution >= 4 is 23.0 Å². The topological polar surface area (TPSA) is 33.7 Å². The van der Waals surface area contributed by atoms with Gasteiger partial charge in [0.15, 0.2) is 22.7 Å². The first-order valence-electron chi connectivity index (χ1n) is 8.01. The van der Waals surface area contributed by atoms with E-state index >= 15 is 0 Å². The number of thiocarbonyl (C=S) groups is 1.